The molecule has 1 N–H and O–H groups in total. The topological polar surface area (TPSA) is 88.3 Å². The van der Waals surface area contributed by atoms with Gasteiger partial charge in [0.05, 0.1) is 0 Å². The van der Waals surface area contributed by atoms with Crippen LogP contribution < -0.4 is 0 Å². The number of amides is 1. The molecule has 0 unspecified atom stereocenters. The Bertz CT molecular complexity index is 669. The fourth-order valence-corrected chi connectivity index (χ4v) is 2.51. The molecule has 0 aliphatic carbocycles. The molecule has 108 valence electrons. The number of aromatic nitrogens is 3. The van der Waals surface area contributed by atoms with Gasteiger partial charge in [0.1, 0.15) is 6.04 Å². The smallest absolute Gasteiger partial charge is 0.326 e. The molecule has 2 aromatic rings. The predicted octanol–water partition coefficient (Wildman–Crippen LogP) is 0.956. The fourth-order valence-electron chi connectivity index (χ4n) is 2.51. The van der Waals surface area contributed by atoms with Crippen molar-refractivity contribution in [3.63, 3.8) is 0 Å². The van der Waals surface area contributed by atoms with E-state index in [9.17, 15) is 9.59 Å². The van der Waals surface area contributed by atoms with Gasteiger partial charge in [-0.3, -0.25) is 4.79 Å². The van der Waals surface area contributed by atoms with Gasteiger partial charge < -0.3 is 10.0 Å². The summed E-state index contributed by atoms with van der Waals surface area (Å²) in [5.74, 6) is -0.713. The van der Waals surface area contributed by atoms with E-state index in [-0.39, 0.29) is 5.91 Å². The van der Waals surface area contributed by atoms with Crippen molar-refractivity contribution in [1.29, 1.82) is 0 Å². The zero-order valence-corrected chi connectivity index (χ0v) is 11.2. The maximum Gasteiger partial charge on any atom is 0.326 e. The van der Waals surface area contributed by atoms with E-state index in [0.717, 1.165) is 0 Å². The maximum atomic E-state index is 12.5. The zero-order chi connectivity index (χ0) is 14.8. The van der Waals surface area contributed by atoms with Crippen LogP contribution in [0.5, 0.6) is 0 Å². The second-order valence-corrected chi connectivity index (χ2v) is 4.85. The Labute approximate surface area is 120 Å². The number of hydrogen-bond donors (Lipinski definition) is 1. The molecular formula is C14H14N4O3. The first kappa shape index (κ1) is 13.3. The normalized spacial score (nSPS) is 17.9. The molecule has 0 spiro atoms. The van der Waals surface area contributed by atoms with Crippen LogP contribution in [0, 0.1) is 0 Å². The molecule has 1 fully saturated rings. The minimum atomic E-state index is -0.956. The van der Waals surface area contributed by atoms with Gasteiger partial charge in [-0.15, -0.1) is 0 Å². The predicted molar refractivity (Wildman–Crippen MR) is 73.1 cm³/mol. The van der Waals surface area contributed by atoms with Crippen LogP contribution in [0.4, 0.5) is 0 Å². The largest absolute Gasteiger partial charge is 0.480 e. The van der Waals surface area contributed by atoms with Gasteiger partial charge in [-0.05, 0) is 31.0 Å². The highest BCUT2D eigenvalue weighted by Gasteiger charge is 2.34. The highest BCUT2D eigenvalue weighted by Crippen LogP contribution is 2.20. The van der Waals surface area contributed by atoms with E-state index < -0.39 is 12.0 Å². The Morgan fingerprint density at radius 2 is 2.19 bits per heavy atom. The second-order valence-electron chi connectivity index (χ2n) is 4.85. The lowest BCUT2D eigenvalue weighted by Gasteiger charge is -2.21. The van der Waals surface area contributed by atoms with Crippen LogP contribution in [0.25, 0.3) is 5.82 Å². The van der Waals surface area contributed by atoms with Crippen molar-refractivity contribution >= 4 is 11.9 Å². The third kappa shape index (κ3) is 2.49. The first-order valence-corrected chi connectivity index (χ1v) is 6.66. The molecule has 1 aliphatic rings. The Morgan fingerprint density at radius 3 is 2.90 bits per heavy atom. The average Bonchev–Trinajstić information content (AvgIpc) is 3.17. The molecule has 7 nitrogen and oxygen atoms in total. The van der Waals surface area contributed by atoms with Gasteiger partial charge in [0.15, 0.2) is 5.82 Å². The van der Waals surface area contributed by atoms with E-state index >= 15 is 0 Å². The lowest BCUT2D eigenvalue weighted by molar-refractivity contribution is -0.141. The van der Waals surface area contributed by atoms with E-state index in [1.54, 1.807) is 35.3 Å². The van der Waals surface area contributed by atoms with E-state index in [0.29, 0.717) is 30.8 Å². The summed E-state index contributed by atoms with van der Waals surface area (Å²) >= 11 is 0. The minimum Gasteiger partial charge on any atom is -0.480 e. The number of carboxylic acids is 1. The monoisotopic (exact) mass is 286 g/mol. The summed E-state index contributed by atoms with van der Waals surface area (Å²) in [6, 6.07) is 4.23. The van der Waals surface area contributed by atoms with Gasteiger partial charge in [0, 0.05) is 30.7 Å². The molecule has 7 heteroatoms. The SMILES string of the molecule is O=C(O)[C@H]1CCCN1C(=O)c1ccnc(-n2cccn2)c1. The second kappa shape index (κ2) is 5.35. The number of pyridine rings is 1. The van der Waals surface area contributed by atoms with Gasteiger partial charge in [-0.2, -0.15) is 5.10 Å². The quantitative estimate of drug-likeness (QED) is 0.907. The van der Waals surface area contributed by atoms with Crippen molar-refractivity contribution in [2.75, 3.05) is 6.54 Å². The highest BCUT2D eigenvalue weighted by atomic mass is 16.4. The van der Waals surface area contributed by atoms with Gasteiger partial charge in [-0.1, -0.05) is 0 Å². The molecule has 0 saturated carbocycles. The summed E-state index contributed by atoms with van der Waals surface area (Å²) < 4.78 is 1.55. The van der Waals surface area contributed by atoms with Gasteiger partial charge in [0.25, 0.3) is 5.91 Å². The van der Waals surface area contributed by atoms with Crippen LogP contribution >= 0.6 is 0 Å². The molecule has 3 rings (SSSR count). The minimum absolute atomic E-state index is 0.282. The average molecular weight is 286 g/mol. The van der Waals surface area contributed by atoms with Crippen LogP contribution in [0.15, 0.2) is 36.8 Å². The first-order chi connectivity index (χ1) is 10.2. The maximum absolute atomic E-state index is 12.5. The summed E-state index contributed by atoms with van der Waals surface area (Å²) in [6.45, 7) is 0.467. The molecule has 1 saturated heterocycles. The van der Waals surface area contributed by atoms with Crippen molar-refractivity contribution in [3.05, 3.63) is 42.4 Å². The number of hydrogen-bond acceptors (Lipinski definition) is 4. The Balaban J connectivity index is 1.88. The molecular weight excluding hydrogens is 272 g/mol. The molecule has 0 bridgehead atoms. The summed E-state index contributed by atoms with van der Waals surface area (Å²) in [4.78, 5) is 29.2. The molecule has 1 atom stereocenters. The third-order valence-corrected chi connectivity index (χ3v) is 3.53. The standard InChI is InChI=1S/C14H14N4O3/c19-13(17-7-1-3-11(17)14(20)21)10-4-6-15-12(9-10)18-8-2-5-16-18/h2,4-6,8-9,11H,1,3,7H2,(H,20,21)/t11-/m1/s1. The van der Waals surface area contributed by atoms with Gasteiger partial charge >= 0.3 is 5.97 Å². The number of nitrogens with zero attached hydrogens (tertiary/aromatic N) is 4. The zero-order valence-electron chi connectivity index (χ0n) is 11.2. The number of likely N-dealkylation sites (tertiary alicyclic amines) is 1. The van der Waals surface area contributed by atoms with Crippen molar-refractivity contribution in [2.45, 2.75) is 18.9 Å². The highest BCUT2D eigenvalue weighted by molar-refractivity contribution is 5.97. The van der Waals surface area contributed by atoms with Crippen molar-refractivity contribution in [2.24, 2.45) is 0 Å². The summed E-state index contributed by atoms with van der Waals surface area (Å²) in [7, 11) is 0. The lowest BCUT2D eigenvalue weighted by Crippen LogP contribution is -2.40. The number of rotatable bonds is 3. The van der Waals surface area contributed by atoms with E-state index in [2.05, 4.69) is 10.1 Å². The van der Waals surface area contributed by atoms with E-state index in [1.807, 2.05) is 0 Å². The van der Waals surface area contributed by atoms with E-state index in [4.69, 9.17) is 5.11 Å². The summed E-state index contributed by atoms with van der Waals surface area (Å²) in [6.07, 6.45) is 6.08. The summed E-state index contributed by atoms with van der Waals surface area (Å²) in [5, 5.41) is 13.2. The van der Waals surface area contributed by atoms with Crippen LogP contribution in [0.3, 0.4) is 0 Å². The molecule has 1 amide bonds. The van der Waals surface area contributed by atoms with Gasteiger partial charge in [0.2, 0.25) is 0 Å². The Morgan fingerprint density at radius 1 is 1.33 bits per heavy atom. The summed E-state index contributed by atoms with van der Waals surface area (Å²) in [5.41, 5.74) is 0.420. The van der Waals surface area contributed by atoms with Crippen LogP contribution in [-0.4, -0.2) is 49.2 Å². The molecule has 2 aromatic heterocycles. The Kier molecular flexibility index (Phi) is 3.39. The number of carboxylic acid groups (broad SMARTS) is 1. The Hall–Kier alpha value is -2.70. The fraction of sp³-hybridized carbons (Fsp3) is 0.286. The first-order valence-electron chi connectivity index (χ1n) is 6.66. The number of carbonyl (C=O) groups is 2. The van der Waals surface area contributed by atoms with Crippen molar-refractivity contribution in [3.8, 4) is 5.82 Å². The molecule has 3 heterocycles. The van der Waals surface area contributed by atoms with Gasteiger partial charge in [-0.25, -0.2) is 14.5 Å². The van der Waals surface area contributed by atoms with Crippen LogP contribution in [-0.2, 0) is 4.79 Å². The molecule has 0 aromatic carbocycles. The number of carbonyl (C=O) groups excluding carboxylic acids is 1. The van der Waals surface area contributed by atoms with Crippen LogP contribution in [0.1, 0.15) is 23.2 Å². The van der Waals surface area contributed by atoms with E-state index in [1.165, 1.54) is 11.1 Å². The van der Waals surface area contributed by atoms with Crippen molar-refractivity contribution in [1.82, 2.24) is 19.7 Å². The van der Waals surface area contributed by atoms with Crippen molar-refractivity contribution < 1.29 is 14.7 Å². The molecule has 0 radical (unpaired) electrons. The molecule has 1 aliphatic heterocycles. The number of aliphatic carboxylic acids is 1. The third-order valence-electron chi connectivity index (χ3n) is 3.53. The molecule has 21 heavy (non-hydrogen) atoms. The van der Waals surface area contributed by atoms with Crippen LogP contribution in [0.2, 0.25) is 0 Å². The lowest BCUT2D eigenvalue weighted by atomic mass is 10.2.